The van der Waals surface area contributed by atoms with Crippen LogP contribution in [0.1, 0.15) is 65.2 Å². The number of unbranched alkanes of at least 4 members (excludes halogenated alkanes) is 2. The normalized spacial score (nSPS) is 16.4. The van der Waals surface area contributed by atoms with Crippen molar-refractivity contribution in [2.45, 2.75) is 65.2 Å². The van der Waals surface area contributed by atoms with Crippen LogP contribution < -0.4 is 0 Å². The summed E-state index contributed by atoms with van der Waals surface area (Å²) in [4.78, 5) is 0. The van der Waals surface area contributed by atoms with Crippen LogP contribution in [-0.2, 0) is 27.6 Å². The fourth-order valence-corrected chi connectivity index (χ4v) is 8.29. The van der Waals surface area contributed by atoms with E-state index in [2.05, 4.69) is 42.9 Å². The number of rotatable bonds is 8. The van der Waals surface area contributed by atoms with Gasteiger partial charge in [-0.1, -0.05) is 0 Å². The number of allylic oxidation sites excluding steroid dienone is 8. The molecule has 0 fully saturated rings. The Morgan fingerprint density at radius 2 is 1.27 bits per heavy atom. The second-order valence-corrected chi connectivity index (χ2v) is 11.2. The summed E-state index contributed by atoms with van der Waals surface area (Å²) in [5, 5.41) is 0. The molecular weight excluding hydrogens is 435 g/mol. The molecule has 2 aliphatic carbocycles. The predicted octanol–water partition coefficient (Wildman–Crippen LogP) is 6.14. The van der Waals surface area contributed by atoms with Gasteiger partial charge in [0, 0.05) is 14.2 Å². The Morgan fingerprint density at radius 3 is 1.64 bits per heavy atom. The summed E-state index contributed by atoms with van der Waals surface area (Å²) in [5.74, 6) is 0. The standard InChI is InChI=1S/2C9H13.C2H6O.Hf/c2*1-2-3-6-9-7-4-5-8-9;1-3-2;/h2*4,7H,2-3,5-6H2,1H3;1-2H3;. The number of hydrogen-bond donors (Lipinski definition) is 0. The predicted molar refractivity (Wildman–Crippen MR) is 93.5 cm³/mol. The van der Waals surface area contributed by atoms with E-state index < -0.39 is 22.9 Å². The SMILES string of the molecule is CCCCC1=[C]([Hf][C]2=C(CCCC)C=CC2)CC=C1.COC. The molecule has 2 rings (SSSR count). The van der Waals surface area contributed by atoms with E-state index in [1.54, 1.807) is 25.4 Å². The molecule has 2 heteroatoms. The van der Waals surface area contributed by atoms with Crippen molar-refractivity contribution in [3.05, 3.63) is 42.1 Å². The van der Waals surface area contributed by atoms with E-state index in [0.29, 0.717) is 0 Å². The zero-order valence-corrected chi connectivity index (χ0v) is 18.5. The average molecular weight is 467 g/mol. The van der Waals surface area contributed by atoms with Gasteiger partial charge in [-0.15, -0.1) is 0 Å². The Bertz CT molecular complexity index is 401. The van der Waals surface area contributed by atoms with E-state index in [4.69, 9.17) is 0 Å². The van der Waals surface area contributed by atoms with E-state index in [9.17, 15) is 0 Å². The molecule has 0 amide bonds. The maximum Gasteiger partial charge on any atom is 0.0351 e. The summed E-state index contributed by atoms with van der Waals surface area (Å²) in [7, 11) is 3.25. The van der Waals surface area contributed by atoms with E-state index in [-0.39, 0.29) is 0 Å². The molecule has 0 N–H and O–H groups in total. The second-order valence-electron chi connectivity index (χ2n) is 5.96. The van der Waals surface area contributed by atoms with Gasteiger partial charge in [-0.25, -0.2) is 0 Å². The van der Waals surface area contributed by atoms with Crippen LogP contribution in [0.4, 0.5) is 0 Å². The third-order valence-corrected chi connectivity index (χ3v) is 9.90. The summed E-state index contributed by atoms with van der Waals surface area (Å²) >= 11 is -0.707. The van der Waals surface area contributed by atoms with Crippen LogP contribution in [-0.4, -0.2) is 14.2 Å². The van der Waals surface area contributed by atoms with Crippen LogP contribution in [0.5, 0.6) is 0 Å². The molecule has 0 spiro atoms. The van der Waals surface area contributed by atoms with E-state index >= 15 is 0 Å². The maximum atomic E-state index is 4.25. The summed E-state index contributed by atoms with van der Waals surface area (Å²) in [6, 6.07) is 0. The molecule has 0 aliphatic heterocycles. The Labute approximate surface area is 149 Å². The Kier molecular flexibility index (Phi) is 11.0. The molecule has 22 heavy (non-hydrogen) atoms. The van der Waals surface area contributed by atoms with Crippen LogP contribution in [0.25, 0.3) is 0 Å². The third kappa shape index (κ3) is 6.91. The van der Waals surface area contributed by atoms with Crippen molar-refractivity contribution in [2.75, 3.05) is 14.2 Å². The Hall–Kier alpha value is -0.210. The molecule has 0 heterocycles. The molecule has 1 nitrogen and oxygen atoms in total. The van der Waals surface area contributed by atoms with Crippen molar-refractivity contribution < 1.29 is 27.6 Å². The minimum absolute atomic E-state index is 0.707. The van der Waals surface area contributed by atoms with Crippen molar-refractivity contribution in [3.63, 3.8) is 0 Å². The van der Waals surface area contributed by atoms with Crippen LogP contribution >= 0.6 is 0 Å². The number of ether oxygens (including phenoxy) is 1. The smallest absolute Gasteiger partial charge is 0.0351 e. The van der Waals surface area contributed by atoms with Gasteiger partial charge < -0.3 is 4.74 Å². The zero-order chi connectivity index (χ0) is 16.2. The summed E-state index contributed by atoms with van der Waals surface area (Å²) in [6.45, 7) is 4.60. The topological polar surface area (TPSA) is 9.23 Å². The minimum Gasteiger partial charge on any atom is -0.388 e. The molecule has 0 unspecified atom stereocenters. The molecule has 0 radical (unpaired) electrons. The largest absolute Gasteiger partial charge is 0.388 e. The molecule has 0 saturated carbocycles. The monoisotopic (exact) mass is 468 g/mol. The first-order chi connectivity index (χ1) is 10.8. The summed E-state index contributed by atoms with van der Waals surface area (Å²) < 4.78 is 8.03. The first-order valence-electron chi connectivity index (χ1n) is 8.71. The van der Waals surface area contributed by atoms with Gasteiger partial charge in [0.1, 0.15) is 0 Å². The van der Waals surface area contributed by atoms with Crippen LogP contribution in [0.15, 0.2) is 42.1 Å². The fraction of sp³-hybridized carbons (Fsp3) is 0.600. The molecule has 0 atom stereocenters. The van der Waals surface area contributed by atoms with Crippen molar-refractivity contribution in [3.8, 4) is 0 Å². The number of methoxy groups -OCH3 is 1. The second kappa shape index (κ2) is 12.2. The van der Waals surface area contributed by atoms with Gasteiger partial charge in [0.15, 0.2) is 0 Å². The summed E-state index contributed by atoms with van der Waals surface area (Å²) in [5.41, 5.74) is 3.44. The number of hydrogen-bond acceptors (Lipinski definition) is 1. The fourth-order valence-electron chi connectivity index (χ4n) is 2.75. The van der Waals surface area contributed by atoms with Crippen molar-refractivity contribution in [1.82, 2.24) is 0 Å². The van der Waals surface area contributed by atoms with Gasteiger partial charge in [0.2, 0.25) is 0 Å². The molecule has 0 aromatic carbocycles. The van der Waals surface area contributed by atoms with Crippen molar-refractivity contribution in [2.24, 2.45) is 0 Å². The minimum atomic E-state index is -0.707. The van der Waals surface area contributed by atoms with Gasteiger partial charge in [-0.2, -0.15) is 0 Å². The van der Waals surface area contributed by atoms with E-state index in [1.165, 1.54) is 51.4 Å². The van der Waals surface area contributed by atoms with Crippen molar-refractivity contribution >= 4 is 0 Å². The molecule has 0 bridgehead atoms. The van der Waals surface area contributed by atoms with Gasteiger partial charge >= 0.3 is 130 Å². The van der Waals surface area contributed by atoms with Gasteiger partial charge in [0.05, 0.1) is 0 Å². The molecule has 0 saturated heterocycles. The van der Waals surface area contributed by atoms with E-state index in [0.717, 1.165) is 0 Å². The van der Waals surface area contributed by atoms with Crippen LogP contribution in [0, 0.1) is 0 Å². The van der Waals surface area contributed by atoms with E-state index in [1.807, 2.05) is 6.66 Å². The quantitative estimate of drug-likeness (QED) is 0.390. The maximum absolute atomic E-state index is 4.25. The Morgan fingerprint density at radius 1 is 0.864 bits per heavy atom. The van der Waals surface area contributed by atoms with Gasteiger partial charge in [-0.05, 0) is 0 Å². The van der Waals surface area contributed by atoms with Gasteiger partial charge in [-0.3, -0.25) is 0 Å². The first kappa shape index (κ1) is 19.8. The van der Waals surface area contributed by atoms with Gasteiger partial charge in [0.25, 0.3) is 0 Å². The van der Waals surface area contributed by atoms with Crippen molar-refractivity contribution in [1.29, 1.82) is 0 Å². The Balaban J connectivity index is 0.000000745. The molecular formula is C20H32HfO. The van der Waals surface area contributed by atoms with Crippen LogP contribution in [0.2, 0.25) is 0 Å². The molecule has 0 aromatic heterocycles. The summed E-state index contributed by atoms with van der Waals surface area (Å²) in [6.07, 6.45) is 20.3. The van der Waals surface area contributed by atoms with Crippen LogP contribution in [0.3, 0.4) is 0 Å². The molecule has 122 valence electrons. The third-order valence-electron chi connectivity index (χ3n) is 3.96. The first-order valence-corrected chi connectivity index (χ1v) is 12.3. The molecule has 0 aromatic rings. The zero-order valence-electron chi connectivity index (χ0n) is 14.9. The molecule has 2 aliphatic rings. The average Bonchev–Trinajstić information content (AvgIpc) is 3.14.